The second-order valence-electron chi connectivity index (χ2n) is 4.13. The summed E-state index contributed by atoms with van der Waals surface area (Å²) in [4.78, 5) is 0. The number of rotatable bonds is 5. The molecule has 9 heteroatoms. The highest BCUT2D eigenvalue weighted by Gasteiger charge is 2.18. The van der Waals surface area contributed by atoms with E-state index in [2.05, 4.69) is 39.0 Å². The normalized spacial score (nSPS) is 11.9. The van der Waals surface area contributed by atoms with E-state index in [1.807, 2.05) is 0 Å². The molecule has 0 amide bonds. The summed E-state index contributed by atoms with van der Waals surface area (Å²) >= 11 is 1.24. The SMILES string of the molecule is CC(C)Cc1nnc(NS(=O)(=O)c2ccn[nH]2)s1. The zero-order chi connectivity index (χ0) is 13.2. The first-order valence-electron chi connectivity index (χ1n) is 5.32. The molecule has 0 radical (unpaired) electrons. The minimum absolute atomic E-state index is 0.00288. The summed E-state index contributed by atoms with van der Waals surface area (Å²) in [5.74, 6) is 0.454. The second-order valence-corrected chi connectivity index (χ2v) is 6.84. The van der Waals surface area contributed by atoms with E-state index in [4.69, 9.17) is 0 Å². The van der Waals surface area contributed by atoms with Crippen molar-refractivity contribution in [3.63, 3.8) is 0 Å². The van der Waals surface area contributed by atoms with E-state index in [0.29, 0.717) is 5.92 Å². The standard InChI is InChI=1S/C9H13N5O2S2/c1-6(2)5-7-11-13-9(17-7)14-18(15,16)8-3-4-10-12-8/h3-4,6H,5H2,1-2H3,(H,10,12)(H,13,14). The van der Waals surface area contributed by atoms with Crippen LogP contribution in [0.1, 0.15) is 18.9 Å². The summed E-state index contributed by atoms with van der Waals surface area (Å²) < 4.78 is 26.1. The fraction of sp³-hybridized carbons (Fsp3) is 0.444. The third-order valence-corrected chi connectivity index (χ3v) is 4.29. The van der Waals surface area contributed by atoms with Crippen molar-refractivity contribution in [3.05, 3.63) is 17.3 Å². The molecule has 0 aromatic carbocycles. The molecule has 2 N–H and O–H groups in total. The highest BCUT2D eigenvalue weighted by Crippen LogP contribution is 2.20. The number of nitrogens with one attached hydrogen (secondary N) is 2. The number of aromatic nitrogens is 4. The molecule has 0 aliphatic carbocycles. The van der Waals surface area contributed by atoms with Gasteiger partial charge in [-0.3, -0.25) is 9.82 Å². The van der Waals surface area contributed by atoms with Crippen molar-refractivity contribution in [1.29, 1.82) is 0 Å². The first-order valence-corrected chi connectivity index (χ1v) is 7.62. The quantitative estimate of drug-likeness (QED) is 0.862. The zero-order valence-electron chi connectivity index (χ0n) is 9.91. The van der Waals surface area contributed by atoms with E-state index in [-0.39, 0.29) is 10.2 Å². The lowest BCUT2D eigenvalue weighted by Crippen LogP contribution is -2.13. The number of hydrogen-bond donors (Lipinski definition) is 2. The largest absolute Gasteiger partial charge is 0.280 e. The Bertz CT molecular complexity index is 603. The number of sulfonamides is 1. The molecule has 98 valence electrons. The molecule has 0 fully saturated rings. The maximum Gasteiger partial charge on any atom is 0.280 e. The first kappa shape index (κ1) is 13.0. The van der Waals surface area contributed by atoms with Gasteiger partial charge in [0.05, 0.1) is 6.20 Å². The van der Waals surface area contributed by atoms with E-state index in [1.54, 1.807) is 0 Å². The fourth-order valence-corrected chi connectivity index (χ4v) is 3.38. The zero-order valence-corrected chi connectivity index (χ0v) is 11.5. The van der Waals surface area contributed by atoms with Crippen molar-refractivity contribution in [2.45, 2.75) is 25.3 Å². The summed E-state index contributed by atoms with van der Waals surface area (Å²) in [7, 11) is -3.65. The Morgan fingerprint density at radius 2 is 2.22 bits per heavy atom. The van der Waals surface area contributed by atoms with Crippen molar-refractivity contribution in [2.24, 2.45) is 5.92 Å². The van der Waals surface area contributed by atoms with Crippen LogP contribution in [0.2, 0.25) is 0 Å². The van der Waals surface area contributed by atoms with Gasteiger partial charge < -0.3 is 0 Å². The van der Waals surface area contributed by atoms with Crippen LogP contribution in [0.4, 0.5) is 5.13 Å². The van der Waals surface area contributed by atoms with Gasteiger partial charge in [0.1, 0.15) is 5.01 Å². The van der Waals surface area contributed by atoms with Gasteiger partial charge in [-0.25, -0.2) is 0 Å². The van der Waals surface area contributed by atoms with Gasteiger partial charge >= 0.3 is 0 Å². The number of anilines is 1. The van der Waals surface area contributed by atoms with Gasteiger partial charge in [-0.15, -0.1) is 10.2 Å². The van der Waals surface area contributed by atoms with E-state index < -0.39 is 10.0 Å². The van der Waals surface area contributed by atoms with Gasteiger partial charge in [0.25, 0.3) is 10.0 Å². The molecule has 2 heterocycles. The number of nitrogens with zero attached hydrogens (tertiary/aromatic N) is 3. The average Bonchev–Trinajstić information content (AvgIpc) is 2.87. The summed E-state index contributed by atoms with van der Waals surface area (Å²) in [6.07, 6.45) is 2.16. The molecule has 2 rings (SSSR count). The molecule has 0 aliphatic rings. The van der Waals surface area contributed by atoms with E-state index >= 15 is 0 Å². The van der Waals surface area contributed by atoms with E-state index in [0.717, 1.165) is 11.4 Å². The first-order chi connectivity index (χ1) is 8.47. The molecule has 0 saturated heterocycles. The summed E-state index contributed by atoms with van der Waals surface area (Å²) in [5, 5.41) is 14.8. The van der Waals surface area contributed by atoms with Crippen LogP contribution in [-0.4, -0.2) is 28.8 Å². The van der Waals surface area contributed by atoms with Crippen molar-refractivity contribution >= 4 is 26.5 Å². The van der Waals surface area contributed by atoms with Crippen LogP contribution in [-0.2, 0) is 16.4 Å². The lowest BCUT2D eigenvalue weighted by molar-refractivity contribution is 0.597. The molecule has 2 aromatic rings. The Morgan fingerprint density at radius 1 is 1.44 bits per heavy atom. The smallest absolute Gasteiger partial charge is 0.266 e. The molecule has 18 heavy (non-hydrogen) atoms. The van der Waals surface area contributed by atoms with Gasteiger partial charge in [0.2, 0.25) is 5.13 Å². The van der Waals surface area contributed by atoms with Crippen LogP contribution in [0.3, 0.4) is 0 Å². The summed E-state index contributed by atoms with van der Waals surface area (Å²) in [5.41, 5.74) is 0. The van der Waals surface area contributed by atoms with Crippen molar-refractivity contribution < 1.29 is 8.42 Å². The Balaban J connectivity index is 2.12. The summed E-state index contributed by atoms with van der Waals surface area (Å²) in [6, 6.07) is 1.37. The minimum Gasteiger partial charge on any atom is -0.266 e. The molecular weight excluding hydrogens is 274 g/mol. The van der Waals surface area contributed by atoms with Crippen LogP contribution < -0.4 is 4.72 Å². The Hall–Kier alpha value is -1.48. The molecule has 7 nitrogen and oxygen atoms in total. The average molecular weight is 287 g/mol. The van der Waals surface area contributed by atoms with Crippen LogP contribution in [0.25, 0.3) is 0 Å². The van der Waals surface area contributed by atoms with E-state index in [9.17, 15) is 8.42 Å². The Morgan fingerprint density at radius 3 is 2.83 bits per heavy atom. The van der Waals surface area contributed by atoms with Crippen molar-refractivity contribution in [1.82, 2.24) is 20.4 Å². The van der Waals surface area contributed by atoms with Crippen LogP contribution in [0.15, 0.2) is 17.3 Å². The number of hydrogen-bond acceptors (Lipinski definition) is 6. The predicted octanol–water partition coefficient (Wildman–Crippen LogP) is 1.26. The molecule has 2 aromatic heterocycles. The highest BCUT2D eigenvalue weighted by molar-refractivity contribution is 7.92. The van der Waals surface area contributed by atoms with Crippen LogP contribution in [0, 0.1) is 5.92 Å². The topological polar surface area (TPSA) is 101 Å². The van der Waals surface area contributed by atoms with Gasteiger partial charge in [-0.1, -0.05) is 25.2 Å². The van der Waals surface area contributed by atoms with Crippen LogP contribution >= 0.6 is 11.3 Å². The highest BCUT2D eigenvalue weighted by atomic mass is 32.2. The molecule has 0 atom stereocenters. The van der Waals surface area contributed by atoms with Gasteiger partial charge in [0.15, 0.2) is 5.03 Å². The summed E-state index contributed by atoms with van der Waals surface area (Å²) in [6.45, 7) is 4.13. The predicted molar refractivity (Wildman–Crippen MR) is 67.8 cm³/mol. The van der Waals surface area contributed by atoms with Crippen LogP contribution in [0.5, 0.6) is 0 Å². The molecule has 0 saturated carbocycles. The maximum atomic E-state index is 11.9. The lowest BCUT2D eigenvalue weighted by atomic mass is 10.1. The maximum absolute atomic E-state index is 11.9. The molecule has 0 bridgehead atoms. The van der Waals surface area contributed by atoms with Gasteiger partial charge in [-0.2, -0.15) is 13.5 Å². The number of aromatic amines is 1. The van der Waals surface area contributed by atoms with E-state index in [1.165, 1.54) is 23.6 Å². The second kappa shape index (κ2) is 5.02. The van der Waals surface area contributed by atoms with Gasteiger partial charge in [0, 0.05) is 6.42 Å². The third kappa shape index (κ3) is 3.05. The number of H-pyrrole nitrogens is 1. The minimum atomic E-state index is -3.65. The van der Waals surface area contributed by atoms with Crippen molar-refractivity contribution in [3.8, 4) is 0 Å². The van der Waals surface area contributed by atoms with Crippen molar-refractivity contribution in [2.75, 3.05) is 4.72 Å². The Labute approximate surface area is 109 Å². The monoisotopic (exact) mass is 287 g/mol. The molecule has 0 spiro atoms. The molecular formula is C9H13N5O2S2. The van der Waals surface area contributed by atoms with Gasteiger partial charge in [-0.05, 0) is 12.0 Å². The third-order valence-electron chi connectivity index (χ3n) is 2.04. The Kier molecular flexibility index (Phi) is 3.62. The lowest BCUT2D eigenvalue weighted by Gasteiger charge is -2.00. The molecule has 0 aliphatic heterocycles. The fourth-order valence-electron chi connectivity index (χ4n) is 1.29. The molecule has 0 unspecified atom stereocenters.